The standard InChI is InChI=1S/C22H26N6O2/c1-19(2)15-16(20(3,4)27(19)29)24-12-10-14-13(9-11(12)23-15)25-17-18(26-14)22(7,8)28(30)21(17,5)6/h9-10H,1-8H3. The van der Waals surface area contributed by atoms with Gasteiger partial charge in [0.2, 0.25) is 0 Å². The molecule has 3 aromatic rings. The first-order valence-electron chi connectivity index (χ1n) is 10.2. The first-order chi connectivity index (χ1) is 13.7. The Balaban J connectivity index is 1.81. The van der Waals surface area contributed by atoms with Gasteiger partial charge in [-0.25, -0.2) is 19.9 Å². The SMILES string of the molecule is CC1(C)c2nc3cc4nc5c(nc4cc3nc2C(C)(C)N1[O])C(C)(C)N([O])C5(C)C. The molecule has 30 heavy (non-hydrogen) atoms. The van der Waals surface area contributed by atoms with Crippen LogP contribution in [0.5, 0.6) is 0 Å². The van der Waals surface area contributed by atoms with Crippen LogP contribution in [0.15, 0.2) is 12.1 Å². The minimum Gasteiger partial charge on any atom is -0.247 e. The van der Waals surface area contributed by atoms with E-state index in [4.69, 9.17) is 19.9 Å². The number of benzene rings is 1. The Bertz CT molecular complexity index is 1060. The van der Waals surface area contributed by atoms with Crippen LogP contribution in [0.4, 0.5) is 0 Å². The van der Waals surface area contributed by atoms with Crippen molar-refractivity contribution in [3.05, 3.63) is 34.9 Å². The molecule has 4 heterocycles. The van der Waals surface area contributed by atoms with E-state index in [2.05, 4.69) is 0 Å². The Labute approximate surface area is 175 Å². The van der Waals surface area contributed by atoms with Crippen LogP contribution in [-0.4, -0.2) is 30.1 Å². The molecule has 2 radical (unpaired) electrons. The molecule has 0 fully saturated rings. The van der Waals surface area contributed by atoms with Gasteiger partial charge in [0, 0.05) is 0 Å². The lowest BCUT2D eigenvalue weighted by Crippen LogP contribution is -2.41. The second-order valence-corrected chi connectivity index (χ2v) is 10.5. The third-order valence-corrected chi connectivity index (χ3v) is 6.80. The molecule has 2 aromatic heterocycles. The van der Waals surface area contributed by atoms with Gasteiger partial charge in [-0.2, -0.15) is 0 Å². The van der Waals surface area contributed by atoms with Gasteiger partial charge in [0.1, 0.15) is 0 Å². The lowest BCUT2D eigenvalue weighted by Gasteiger charge is -2.31. The summed E-state index contributed by atoms with van der Waals surface area (Å²) >= 11 is 0. The Kier molecular flexibility index (Phi) is 3.49. The number of nitrogens with zero attached hydrogens (tertiary/aromatic N) is 6. The first-order valence-corrected chi connectivity index (χ1v) is 10.2. The molecule has 2 aliphatic rings. The van der Waals surface area contributed by atoms with E-state index in [1.165, 1.54) is 0 Å². The van der Waals surface area contributed by atoms with Crippen LogP contribution in [0.25, 0.3) is 22.1 Å². The van der Waals surface area contributed by atoms with E-state index >= 15 is 0 Å². The smallest absolute Gasteiger partial charge is 0.0914 e. The summed E-state index contributed by atoms with van der Waals surface area (Å²) in [5, 5.41) is 28.0. The van der Waals surface area contributed by atoms with Crippen molar-refractivity contribution in [2.75, 3.05) is 0 Å². The van der Waals surface area contributed by atoms with Crippen molar-refractivity contribution in [3.8, 4) is 0 Å². The third-order valence-electron chi connectivity index (χ3n) is 6.80. The van der Waals surface area contributed by atoms with Crippen LogP contribution in [0.3, 0.4) is 0 Å². The van der Waals surface area contributed by atoms with Crippen molar-refractivity contribution in [2.24, 2.45) is 0 Å². The number of hydrogen-bond acceptors (Lipinski definition) is 6. The summed E-state index contributed by atoms with van der Waals surface area (Å²) in [6.45, 7) is 15.0. The minimum atomic E-state index is -0.770. The van der Waals surface area contributed by atoms with E-state index in [-0.39, 0.29) is 0 Å². The summed E-state index contributed by atoms with van der Waals surface area (Å²) in [6.07, 6.45) is 0. The fourth-order valence-corrected chi connectivity index (χ4v) is 5.10. The molecule has 156 valence electrons. The Morgan fingerprint density at radius 3 is 0.900 bits per heavy atom. The van der Waals surface area contributed by atoms with E-state index in [1.54, 1.807) is 0 Å². The zero-order valence-electron chi connectivity index (χ0n) is 18.7. The average Bonchev–Trinajstić information content (AvgIpc) is 2.88. The molecule has 2 aliphatic heterocycles. The monoisotopic (exact) mass is 406 g/mol. The Morgan fingerprint density at radius 2 is 0.700 bits per heavy atom. The zero-order valence-corrected chi connectivity index (χ0v) is 18.7. The molecule has 0 bridgehead atoms. The van der Waals surface area contributed by atoms with Gasteiger partial charge < -0.3 is 0 Å². The zero-order chi connectivity index (χ0) is 22.0. The lowest BCUT2D eigenvalue weighted by molar-refractivity contribution is -0.267. The minimum absolute atomic E-state index is 0.670. The maximum absolute atomic E-state index is 12.9. The fraction of sp³-hybridized carbons (Fsp3) is 0.545. The van der Waals surface area contributed by atoms with Crippen LogP contribution in [0, 0.1) is 0 Å². The molecule has 0 amide bonds. The maximum atomic E-state index is 12.9. The summed E-state index contributed by atoms with van der Waals surface area (Å²) in [7, 11) is 0. The lowest BCUT2D eigenvalue weighted by atomic mass is 9.99. The van der Waals surface area contributed by atoms with Crippen LogP contribution in [-0.2, 0) is 32.6 Å². The van der Waals surface area contributed by atoms with Crippen molar-refractivity contribution in [1.29, 1.82) is 0 Å². The van der Waals surface area contributed by atoms with Gasteiger partial charge in [-0.15, -0.1) is 20.5 Å². The normalized spacial score (nSPS) is 23.8. The number of hydroxylamine groups is 4. The third kappa shape index (κ3) is 2.14. The molecule has 0 aliphatic carbocycles. The fourth-order valence-electron chi connectivity index (χ4n) is 5.10. The summed E-state index contributed by atoms with van der Waals surface area (Å²) in [6, 6.07) is 3.72. The molecule has 1 aromatic carbocycles. The Morgan fingerprint density at radius 1 is 0.500 bits per heavy atom. The van der Waals surface area contributed by atoms with Gasteiger partial charge in [0.25, 0.3) is 0 Å². The molecule has 0 saturated heterocycles. The second-order valence-electron chi connectivity index (χ2n) is 10.5. The van der Waals surface area contributed by atoms with Gasteiger partial charge >= 0.3 is 0 Å². The molecule has 0 N–H and O–H groups in total. The maximum Gasteiger partial charge on any atom is 0.0914 e. The van der Waals surface area contributed by atoms with Crippen LogP contribution < -0.4 is 0 Å². The molecule has 8 heteroatoms. The van der Waals surface area contributed by atoms with Crippen molar-refractivity contribution in [1.82, 2.24) is 30.1 Å². The molecule has 5 rings (SSSR count). The second kappa shape index (κ2) is 5.31. The Hall–Kier alpha value is -2.26. The molecule has 0 unspecified atom stereocenters. The molecule has 0 spiro atoms. The van der Waals surface area contributed by atoms with Crippen molar-refractivity contribution in [3.63, 3.8) is 0 Å². The van der Waals surface area contributed by atoms with Crippen molar-refractivity contribution in [2.45, 2.75) is 77.5 Å². The first kappa shape index (κ1) is 19.7. The molecular formula is C22H26N6O2. The van der Waals surface area contributed by atoms with E-state index < -0.39 is 22.2 Å². The highest BCUT2D eigenvalue weighted by Crippen LogP contribution is 2.48. The molecular weight excluding hydrogens is 380 g/mol. The predicted octanol–water partition coefficient (Wildman–Crippen LogP) is 3.84. The van der Waals surface area contributed by atoms with Gasteiger partial charge in [-0.1, -0.05) is 0 Å². The average molecular weight is 406 g/mol. The van der Waals surface area contributed by atoms with Crippen LogP contribution in [0.2, 0.25) is 0 Å². The van der Waals surface area contributed by atoms with E-state index in [0.29, 0.717) is 44.8 Å². The van der Waals surface area contributed by atoms with Crippen molar-refractivity contribution < 1.29 is 10.4 Å². The highest BCUT2D eigenvalue weighted by molar-refractivity contribution is 5.91. The van der Waals surface area contributed by atoms with Gasteiger partial charge in [0.15, 0.2) is 0 Å². The molecule has 0 saturated carbocycles. The van der Waals surface area contributed by atoms with Crippen LogP contribution in [0.1, 0.15) is 78.2 Å². The summed E-state index contributed by atoms with van der Waals surface area (Å²) < 4.78 is 0. The quantitative estimate of drug-likeness (QED) is 0.526. The number of hydrogen-bond donors (Lipinski definition) is 0. The molecule has 0 atom stereocenters. The van der Waals surface area contributed by atoms with Gasteiger partial charge in [-0.3, -0.25) is 0 Å². The summed E-state index contributed by atoms with van der Waals surface area (Å²) in [5.41, 5.74) is 2.36. The number of aromatic nitrogens is 4. The van der Waals surface area contributed by atoms with E-state index in [0.717, 1.165) is 10.1 Å². The van der Waals surface area contributed by atoms with Gasteiger partial charge in [-0.05, 0) is 67.5 Å². The van der Waals surface area contributed by atoms with E-state index in [9.17, 15) is 10.4 Å². The number of fused-ring (bicyclic) bond motifs is 4. The van der Waals surface area contributed by atoms with Crippen molar-refractivity contribution >= 4 is 22.1 Å². The highest BCUT2D eigenvalue weighted by Gasteiger charge is 2.54. The number of rotatable bonds is 0. The van der Waals surface area contributed by atoms with E-state index in [1.807, 2.05) is 67.5 Å². The largest absolute Gasteiger partial charge is 0.247 e. The molecule has 8 nitrogen and oxygen atoms in total. The summed E-state index contributed by atoms with van der Waals surface area (Å²) in [5.74, 6) is 0. The topological polar surface area (TPSA) is 97.8 Å². The highest BCUT2D eigenvalue weighted by atomic mass is 16.5. The van der Waals surface area contributed by atoms with Crippen LogP contribution >= 0.6 is 0 Å². The summed E-state index contributed by atoms with van der Waals surface area (Å²) in [4.78, 5) is 19.3. The predicted molar refractivity (Wildman–Crippen MR) is 110 cm³/mol. The van der Waals surface area contributed by atoms with Gasteiger partial charge in [0.05, 0.1) is 67.0 Å².